The Hall–Kier alpha value is -2.05. The maximum atomic E-state index is 11.0. The third-order valence-corrected chi connectivity index (χ3v) is 7.45. The maximum absolute atomic E-state index is 11.0. The molecule has 1 fully saturated rings. The standard InChI is InChI=1S/C18H22N5O6PS/c24-14-12(7-31-10-30(26,27)28)29-18(15(14)25)23-9-22-13-16(20-8-21-17(13)23)19-6-11-4-2-1-3-5-11/h1-5,8-9,12,14-15,18,24-25H,6-7,10H2,(H,19,20,21)(H2,26,27,28)/t12?,14-,15-,18-/m1/s1. The number of imidazole rings is 1. The summed E-state index contributed by atoms with van der Waals surface area (Å²) < 4.78 is 18.3. The maximum Gasteiger partial charge on any atom is 0.335 e. The molecule has 0 aliphatic carbocycles. The molecule has 0 spiro atoms. The van der Waals surface area contributed by atoms with Crippen LogP contribution < -0.4 is 5.32 Å². The number of hydrogen-bond donors (Lipinski definition) is 5. The van der Waals surface area contributed by atoms with Gasteiger partial charge in [-0.05, 0) is 5.56 Å². The molecule has 0 saturated carbocycles. The summed E-state index contributed by atoms with van der Waals surface area (Å²) in [5.74, 6) is 0.639. The number of thioether (sulfide) groups is 1. The van der Waals surface area contributed by atoms with Gasteiger partial charge in [-0.1, -0.05) is 30.3 Å². The normalized spacial score (nSPS) is 24.0. The molecule has 5 N–H and O–H groups in total. The predicted octanol–water partition coefficient (Wildman–Crippen LogP) is 0.926. The largest absolute Gasteiger partial charge is 0.387 e. The van der Waals surface area contributed by atoms with Crippen LogP contribution in [0.2, 0.25) is 0 Å². The lowest BCUT2D eigenvalue weighted by Crippen LogP contribution is -2.32. The van der Waals surface area contributed by atoms with Gasteiger partial charge in [0, 0.05) is 12.3 Å². The first-order valence-electron chi connectivity index (χ1n) is 9.43. The molecule has 4 atom stereocenters. The Morgan fingerprint density at radius 2 is 1.90 bits per heavy atom. The van der Waals surface area contributed by atoms with Crippen molar-refractivity contribution in [2.75, 3.05) is 16.6 Å². The summed E-state index contributed by atoms with van der Waals surface area (Å²) in [4.78, 5) is 30.8. The van der Waals surface area contributed by atoms with Crippen molar-refractivity contribution in [2.45, 2.75) is 31.1 Å². The number of ether oxygens (including phenoxy) is 1. The Labute approximate surface area is 181 Å². The first-order valence-corrected chi connectivity index (χ1v) is 12.4. The Morgan fingerprint density at radius 1 is 1.13 bits per heavy atom. The van der Waals surface area contributed by atoms with Gasteiger partial charge in [0.05, 0.1) is 17.9 Å². The fourth-order valence-corrected chi connectivity index (χ4v) is 5.21. The van der Waals surface area contributed by atoms with Crippen molar-refractivity contribution in [3.05, 3.63) is 48.5 Å². The number of hydrogen-bond acceptors (Lipinski definition) is 9. The monoisotopic (exact) mass is 467 g/mol. The van der Waals surface area contributed by atoms with Crippen LogP contribution in [0.5, 0.6) is 0 Å². The zero-order valence-corrected chi connectivity index (χ0v) is 17.9. The number of anilines is 1. The predicted molar refractivity (Wildman–Crippen MR) is 114 cm³/mol. The minimum atomic E-state index is -4.16. The van der Waals surface area contributed by atoms with E-state index < -0.39 is 37.6 Å². The summed E-state index contributed by atoms with van der Waals surface area (Å²) in [7, 11) is -4.16. The second-order valence-electron chi connectivity index (χ2n) is 7.10. The quantitative estimate of drug-likeness (QED) is 0.299. The van der Waals surface area contributed by atoms with E-state index in [0.717, 1.165) is 17.3 Å². The third kappa shape index (κ3) is 5.07. The van der Waals surface area contributed by atoms with Gasteiger partial charge in [0.1, 0.15) is 18.5 Å². The van der Waals surface area contributed by atoms with Gasteiger partial charge in [-0.25, -0.2) is 15.0 Å². The van der Waals surface area contributed by atoms with Crippen LogP contribution in [-0.2, 0) is 15.8 Å². The van der Waals surface area contributed by atoms with E-state index in [0.29, 0.717) is 23.5 Å². The van der Waals surface area contributed by atoms with Crippen molar-refractivity contribution in [2.24, 2.45) is 0 Å². The van der Waals surface area contributed by atoms with E-state index in [1.807, 2.05) is 30.3 Å². The average Bonchev–Trinajstić information content (AvgIpc) is 3.29. The van der Waals surface area contributed by atoms with E-state index in [-0.39, 0.29) is 5.75 Å². The van der Waals surface area contributed by atoms with E-state index >= 15 is 0 Å². The van der Waals surface area contributed by atoms with E-state index in [1.54, 1.807) is 0 Å². The number of fused-ring (bicyclic) bond motifs is 1. The molecule has 166 valence electrons. The Kier molecular flexibility index (Phi) is 6.58. The second-order valence-corrected chi connectivity index (χ2v) is 10.2. The van der Waals surface area contributed by atoms with Crippen LogP contribution >= 0.6 is 19.4 Å². The smallest absolute Gasteiger partial charge is 0.335 e. The van der Waals surface area contributed by atoms with Gasteiger partial charge in [0.2, 0.25) is 0 Å². The van der Waals surface area contributed by atoms with Crippen LogP contribution in [0.1, 0.15) is 11.8 Å². The van der Waals surface area contributed by atoms with Gasteiger partial charge < -0.3 is 30.1 Å². The number of nitrogens with one attached hydrogen (secondary N) is 1. The van der Waals surface area contributed by atoms with Crippen LogP contribution in [0.25, 0.3) is 11.2 Å². The molecule has 1 aliphatic heterocycles. The first kappa shape index (κ1) is 22.2. The topological polar surface area (TPSA) is 163 Å². The van der Waals surface area contributed by atoms with E-state index in [1.165, 1.54) is 17.2 Å². The molecule has 1 aliphatic rings. The summed E-state index contributed by atoms with van der Waals surface area (Å²) in [6.45, 7) is 0.542. The van der Waals surface area contributed by atoms with E-state index in [2.05, 4.69) is 20.3 Å². The Morgan fingerprint density at radius 3 is 2.65 bits per heavy atom. The SMILES string of the molecule is O=P(O)(O)CSCC1O[C@@H](n2cnc3c(NCc4ccccc4)ncnc32)[C@H](O)[C@@H]1O. The molecule has 1 saturated heterocycles. The number of aliphatic hydroxyl groups excluding tert-OH is 2. The second kappa shape index (κ2) is 9.21. The van der Waals surface area contributed by atoms with Crippen molar-refractivity contribution in [3.63, 3.8) is 0 Å². The zero-order chi connectivity index (χ0) is 22.0. The van der Waals surface area contributed by atoms with Crippen LogP contribution in [0.4, 0.5) is 5.82 Å². The molecule has 11 nitrogen and oxygen atoms in total. The number of aromatic nitrogens is 4. The lowest BCUT2D eigenvalue weighted by molar-refractivity contribution is -0.0288. The summed E-state index contributed by atoms with van der Waals surface area (Å²) in [6.07, 6.45) is -1.39. The van der Waals surface area contributed by atoms with Crippen molar-refractivity contribution < 1.29 is 29.3 Å². The molecule has 0 radical (unpaired) electrons. The summed E-state index contributed by atoms with van der Waals surface area (Å²) >= 11 is 0.953. The summed E-state index contributed by atoms with van der Waals surface area (Å²) in [6, 6.07) is 9.80. The minimum absolute atomic E-state index is 0.116. The van der Waals surface area contributed by atoms with Crippen LogP contribution in [0.3, 0.4) is 0 Å². The molecule has 0 amide bonds. The van der Waals surface area contributed by atoms with Gasteiger partial charge in [0.25, 0.3) is 0 Å². The molecule has 3 heterocycles. The lowest BCUT2D eigenvalue weighted by atomic mass is 10.1. The van der Waals surface area contributed by atoms with Crippen molar-refractivity contribution in [1.82, 2.24) is 19.5 Å². The van der Waals surface area contributed by atoms with Crippen molar-refractivity contribution in [1.29, 1.82) is 0 Å². The molecule has 1 unspecified atom stereocenters. The van der Waals surface area contributed by atoms with Crippen LogP contribution in [0, 0.1) is 0 Å². The van der Waals surface area contributed by atoms with Gasteiger partial charge in [-0.3, -0.25) is 9.13 Å². The highest BCUT2D eigenvalue weighted by molar-refractivity contribution is 8.04. The van der Waals surface area contributed by atoms with Crippen molar-refractivity contribution >= 4 is 36.3 Å². The molecular weight excluding hydrogens is 445 g/mol. The fraction of sp³-hybridized carbons (Fsp3) is 0.389. The summed E-state index contributed by atoms with van der Waals surface area (Å²) in [5.41, 5.74) is 1.59. The van der Waals surface area contributed by atoms with Crippen molar-refractivity contribution in [3.8, 4) is 0 Å². The Balaban J connectivity index is 1.50. The number of rotatable bonds is 8. The first-order chi connectivity index (χ1) is 14.8. The molecular formula is C18H22N5O6PS. The molecule has 3 aromatic rings. The van der Waals surface area contributed by atoms with E-state index in [4.69, 9.17) is 14.5 Å². The van der Waals surface area contributed by atoms with Gasteiger partial charge in [0.15, 0.2) is 23.2 Å². The van der Waals surface area contributed by atoms with Crippen LogP contribution in [0.15, 0.2) is 43.0 Å². The number of benzene rings is 1. The molecule has 2 aromatic heterocycles. The Bertz CT molecular complexity index is 1080. The molecule has 31 heavy (non-hydrogen) atoms. The molecule has 0 bridgehead atoms. The molecule has 1 aromatic carbocycles. The fourth-order valence-electron chi connectivity index (χ4n) is 3.33. The highest BCUT2D eigenvalue weighted by Gasteiger charge is 2.44. The molecule has 4 rings (SSSR count). The average molecular weight is 467 g/mol. The van der Waals surface area contributed by atoms with E-state index in [9.17, 15) is 14.8 Å². The third-order valence-electron chi connectivity index (χ3n) is 4.81. The highest BCUT2D eigenvalue weighted by atomic mass is 32.2. The lowest BCUT2D eigenvalue weighted by Gasteiger charge is -2.16. The number of aliphatic hydroxyl groups is 2. The molecule has 13 heteroatoms. The minimum Gasteiger partial charge on any atom is -0.387 e. The highest BCUT2D eigenvalue weighted by Crippen LogP contribution is 2.40. The number of nitrogens with zero attached hydrogens (tertiary/aromatic N) is 4. The van der Waals surface area contributed by atoms with Gasteiger partial charge >= 0.3 is 7.60 Å². The van der Waals surface area contributed by atoms with Gasteiger partial charge in [-0.2, -0.15) is 0 Å². The summed E-state index contributed by atoms with van der Waals surface area (Å²) in [5, 5.41) is 24.0. The zero-order valence-electron chi connectivity index (χ0n) is 16.2. The van der Waals surface area contributed by atoms with Crippen LogP contribution in [-0.4, -0.2) is 69.1 Å². The van der Waals surface area contributed by atoms with Gasteiger partial charge in [-0.15, -0.1) is 11.8 Å².